The molecule has 0 aromatic carbocycles. The summed E-state index contributed by atoms with van der Waals surface area (Å²) >= 11 is 0. The molecule has 2 atom stereocenters. The highest BCUT2D eigenvalue weighted by molar-refractivity contribution is 5.90. The van der Waals surface area contributed by atoms with Crippen LogP contribution in [0.5, 0.6) is 0 Å². The number of esters is 2. The van der Waals surface area contributed by atoms with Crippen molar-refractivity contribution in [3.8, 4) is 0 Å². The van der Waals surface area contributed by atoms with Crippen molar-refractivity contribution in [2.75, 3.05) is 31.1 Å². The summed E-state index contributed by atoms with van der Waals surface area (Å²) in [7, 11) is 0. The molecule has 2 aromatic heterocycles. The van der Waals surface area contributed by atoms with E-state index in [1.807, 2.05) is 12.3 Å². The third-order valence-electron chi connectivity index (χ3n) is 5.22. The number of aromatic nitrogens is 3. The van der Waals surface area contributed by atoms with E-state index in [0.29, 0.717) is 13.1 Å². The Bertz CT molecular complexity index is 799. The van der Waals surface area contributed by atoms with Gasteiger partial charge < -0.3 is 19.9 Å². The molecular formula is C18H23N5O3. The van der Waals surface area contributed by atoms with Crippen molar-refractivity contribution in [3.63, 3.8) is 0 Å². The molecule has 2 saturated heterocycles. The lowest BCUT2D eigenvalue weighted by Gasteiger charge is -2.32. The zero-order valence-corrected chi connectivity index (χ0v) is 14.6. The van der Waals surface area contributed by atoms with Gasteiger partial charge in [-0.3, -0.25) is 9.59 Å². The van der Waals surface area contributed by atoms with Gasteiger partial charge in [-0.25, -0.2) is 9.97 Å². The maximum atomic E-state index is 12.5. The molecule has 0 radical (unpaired) electrons. The number of hydrogen-bond acceptors (Lipinski definition) is 7. The molecule has 0 amide bonds. The van der Waals surface area contributed by atoms with E-state index >= 15 is 0 Å². The molecule has 8 nitrogen and oxygen atoms in total. The number of hydrogen-bond donors (Lipinski definition) is 2. The summed E-state index contributed by atoms with van der Waals surface area (Å²) in [4.78, 5) is 38.5. The van der Waals surface area contributed by atoms with E-state index in [0.717, 1.165) is 55.6 Å². The summed E-state index contributed by atoms with van der Waals surface area (Å²) in [6, 6.07) is 1.94. The molecule has 2 unspecified atom stereocenters. The number of aromatic amines is 1. The van der Waals surface area contributed by atoms with Crippen LogP contribution < -0.4 is 10.2 Å². The van der Waals surface area contributed by atoms with Gasteiger partial charge in [0.1, 0.15) is 17.8 Å². The Morgan fingerprint density at radius 2 is 2.00 bits per heavy atom. The predicted molar refractivity (Wildman–Crippen MR) is 95.5 cm³/mol. The Kier molecular flexibility index (Phi) is 4.83. The van der Waals surface area contributed by atoms with Crippen LogP contribution in [0.2, 0.25) is 0 Å². The Morgan fingerprint density at radius 3 is 2.85 bits per heavy atom. The van der Waals surface area contributed by atoms with Crippen LogP contribution in [-0.2, 0) is 14.3 Å². The second-order valence-electron chi connectivity index (χ2n) is 7.01. The maximum absolute atomic E-state index is 12.5. The molecule has 0 saturated carbocycles. The first-order valence-corrected chi connectivity index (χ1v) is 9.21. The SMILES string of the molecule is O=C(OC(=O)C1CCCN(c2ncnc3[nH]ccc23)C1)C1CCCNC1. The van der Waals surface area contributed by atoms with Crippen molar-refractivity contribution < 1.29 is 14.3 Å². The molecule has 26 heavy (non-hydrogen) atoms. The van der Waals surface area contributed by atoms with Crippen molar-refractivity contribution in [1.82, 2.24) is 20.3 Å². The number of rotatable bonds is 3. The molecule has 0 spiro atoms. The lowest BCUT2D eigenvalue weighted by molar-refractivity contribution is -0.166. The number of ether oxygens (including phenoxy) is 1. The molecule has 0 aliphatic carbocycles. The van der Waals surface area contributed by atoms with Crippen molar-refractivity contribution in [2.24, 2.45) is 11.8 Å². The molecule has 2 aliphatic heterocycles. The minimum absolute atomic E-state index is 0.214. The van der Waals surface area contributed by atoms with E-state index in [9.17, 15) is 9.59 Å². The Labute approximate surface area is 151 Å². The van der Waals surface area contributed by atoms with E-state index in [4.69, 9.17) is 4.74 Å². The van der Waals surface area contributed by atoms with Crippen LogP contribution in [0, 0.1) is 11.8 Å². The first kappa shape index (κ1) is 17.0. The Hall–Kier alpha value is -2.48. The lowest BCUT2D eigenvalue weighted by Crippen LogP contribution is -2.42. The van der Waals surface area contributed by atoms with Gasteiger partial charge in [-0.15, -0.1) is 0 Å². The van der Waals surface area contributed by atoms with Crippen molar-refractivity contribution in [3.05, 3.63) is 18.6 Å². The van der Waals surface area contributed by atoms with Crippen LogP contribution in [0.1, 0.15) is 25.7 Å². The fourth-order valence-corrected chi connectivity index (χ4v) is 3.79. The summed E-state index contributed by atoms with van der Waals surface area (Å²) in [5.74, 6) is -0.516. The largest absolute Gasteiger partial charge is 0.393 e. The number of nitrogens with one attached hydrogen (secondary N) is 2. The van der Waals surface area contributed by atoms with Crippen LogP contribution in [-0.4, -0.2) is 53.1 Å². The summed E-state index contributed by atoms with van der Waals surface area (Å²) in [5.41, 5.74) is 0.777. The summed E-state index contributed by atoms with van der Waals surface area (Å²) in [6.07, 6.45) is 6.65. The number of carbonyl (C=O) groups excluding carboxylic acids is 2. The average molecular weight is 357 g/mol. The first-order chi connectivity index (χ1) is 12.7. The average Bonchev–Trinajstić information content (AvgIpc) is 3.17. The summed E-state index contributed by atoms with van der Waals surface area (Å²) in [5, 5.41) is 4.11. The third-order valence-corrected chi connectivity index (χ3v) is 5.22. The third kappa shape index (κ3) is 3.41. The number of anilines is 1. The first-order valence-electron chi connectivity index (χ1n) is 9.21. The standard InChI is InChI=1S/C18H23N5O3/c24-17(12-3-1-6-19-9-12)26-18(25)13-4-2-8-23(10-13)16-14-5-7-20-15(14)21-11-22-16/h5,7,11-13,19H,1-4,6,8-10H2,(H,20,21,22). The quantitative estimate of drug-likeness (QED) is 0.630. The highest BCUT2D eigenvalue weighted by Gasteiger charge is 2.32. The monoisotopic (exact) mass is 357 g/mol. The van der Waals surface area contributed by atoms with E-state index in [-0.39, 0.29) is 11.8 Å². The van der Waals surface area contributed by atoms with Gasteiger partial charge in [-0.05, 0) is 38.3 Å². The van der Waals surface area contributed by atoms with Crippen LogP contribution in [0.25, 0.3) is 11.0 Å². The second kappa shape index (κ2) is 7.41. The zero-order chi connectivity index (χ0) is 17.9. The van der Waals surface area contributed by atoms with E-state index in [1.54, 1.807) is 0 Å². The van der Waals surface area contributed by atoms with Crippen molar-refractivity contribution in [1.29, 1.82) is 0 Å². The fourth-order valence-electron chi connectivity index (χ4n) is 3.79. The van der Waals surface area contributed by atoms with Gasteiger partial charge in [0.05, 0.1) is 17.2 Å². The number of H-pyrrole nitrogens is 1. The smallest absolute Gasteiger partial charge is 0.318 e. The summed E-state index contributed by atoms with van der Waals surface area (Å²) < 4.78 is 5.20. The normalized spacial score (nSPS) is 23.8. The molecule has 2 N–H and O–H groups in total. The molecule has 138 valence electrons. The van der Waals surface area contributed by atoms with Crippen molar-refractivity contribution in [2.45, 2.75) is 25.7 Å². The highest BCUT2D eigenvalue weighted by Crippen LogP contribution is 2.27. The van der Waals surface area contributed by atoms with Crippen LogP contribution in [0.15, 0.2) is 18.6 Å². The Morgan fingerprint density at radius 1 is 1.15 bits per heavy atom. The zero-order valence-electron chi connectivity index (χ0n) is 14.6. The number of piperidine rings is 2. The van der Waals surface area contributed by atoms with Crippen LogP contribution in [0.4, 0.5) is 5.82 Å². The lowest BCUT2D eigenvalue weighted by atomic mass is 9.97. The Balaban J connectivity index is 1.42. The van der Waals surface area contributed by atoms with Crippen molar-refractivity contribution >= 4 is 28.8 Å². The molecule has 2 aliphatic rings. The van der Waals surface area contributed by atoms with Gasteiger partial charge in [0.2, 0.25) is 0 Å². The molecule has 4 rings (SSSR count). The maximum Gasteiger partial charge on any atom is 0.318 e. The number of nitrogens with zero attached hydrogens (tertiary/aromatic N) is 3. The molecule has 2 aromatic rings. The van der Waals surface area contributed by atoms with E-state index in [2.05, 4.69) is 25.2 Å². The van der Waals surface area contributed by atoms with Crippen LogP contribution >= 0.6 is 0 Å². The fraction of sp³-hybridized carbons (Fsp3) is 0.556. The molecule has 4 heterocycles. The molecule has 8 heteroatoms. The van der Waals surface area contributed by atoms with Gasteiger partial charge in [0, 0.05) is 25.8 Å². The van der Waals surface area contributed by atoms with Gasteiger partial charge in [-0.1, -0.05) is 0 Å². The molecule has 0 bridgehead atoms. The summed E-state index contributed by atoms with van der Waals surface area (Å²) in [6.45, 7) is 2.84. The highest BCUT2D eigenvalue weighted by atomic mass is 16.6. The van der Waals surface area contributed by atoms with Gasteiger partial charge in [0.25, 0.3) is 0 Å². The topological polar surface area (TPSA) is 100 Å². The molecule has 2 fully saturated rings. The number of fused-ring (bicyclic) bond motifs is 1. The second-order valence-corrected chi connectivity index (χ2v) is 7.01. The van der Waals surface area contributed by atoms with Crippen LogP contribution in [0.3, 0.4) is 0 Å². The minimum atomic E-state index is -0.412. The van der Waals surface area contributed by atoms with Gasteiger partial charge >= 0.3 is 11.9 Å². The van der Waals surface area contributed by atoms with E-state index < -0.39 is 11.9 Å². The minimum Gasteiger partial charge on any atom is -0.393 e. The van der Waals surface area contributed by atoms with E-state index in [1.165, 1.54) is 6.33 Å². The number of carbonyl (C=O) groups is 2. The van der Waals surface area contributed by atoms with Gasteiger partial charge in [-0.2, -0.15) is 0 Å². The predicted octanol–water partition coefficient (Wildman–Crippen LogP) is 1.24. The molecular weight excluding hydrogens is 334 g/mol. The van der Waals surface area contributed by atoms with Gasteiger partial charge in [0.15, 0.2) is 0 Å².